The van der Waals surface area contributed by atoms with Crippen molar-refractivity contribution < 1.29 is 18.0 Å². The number of amides is 1. The van der Waals surface area contributed by atoms with Crippen LogP contribution < -0.4 is 5.32 Å². The molecule has 0 saturated heterocycles. The Morgan fingerprint density at radius 1 is 1.03 bits per heavy atom. The van der Waals surface area contributed by atoms with Gasteiger partial charge in [0.1, 0.15) is 6.54 Å². The van der Waals surface area contributed by atoms with Crippen molar-refractivity contribution in [1.29, 1.82) is 0 Å². The summed E-state index contributed by atoms with van der Waals surface area (Å²) in [5.41, 5.74) is 1.96. The topological polar surface area (TPSA) is 44.7 Å². The lowest BCUT2D eigenvalue weighted by Gasteiger charge is -2.30. The van der Waals surface area contributed by atoms with E-state index in [0.29, 0.717) is 17.3 Å². The van der Waals surface area contributed by atoms with Gasteiger partial charge >= 0.3 is 6.18 Å². The number of anilines is 1. The molecule has 8 heteroatoms. The van der Waals surface area contributed by atoms with Gasteiger partial charge in [0.2, 0.25) is 5.91 Å². The van der Waals surface area contributed by atoms with E-state index in [0.717, 1.165) is 35.4 Å². The molecule has 1 aliphatic rings. The van der Waals surface area contributed by atoms with Crippen LogP contribution in [0, 0.1) is 0 Å². The zero-order valence-electron chi connectivity index (χ0n) is 18.4. The molecular formula is C26H23ClF3N3O. The first-order valence-electron chi connectivity index (χ1n) is 10.8. The minimum Gasteiger partial charge on any atom is -0.324 e. The summed E-state index contributed by atoms with van der Waals surface area (Å²) in [5.74, 6) is -0.362. The normalized spacial score (nSPS) is 18.0. The van der Waals surface area contributed by atoms with Crippen molar-refractivity contribution >= 4 is 28.9 Å². The maximum absolute atomic E-state index is 12.8. The lowest BCUT2D eigenvalue weighted by molar-refractivity contribution is -0.137. The van der Waals surface area contributed by atoms with E-state index in [9.17, 15) is 18.0 Å². The van der Waals surface area contributed by atoms with Crippen LogP contribution in [0.1, 0.15) is 30.0 Å². The zero-order chi connectivity index (χ0) is 24.3. The van der Waals surface area contributed by atoms with Crippen molar-refractivity contribution in [1.82, 2.24) is 5.01 Å². The molecule has 4 nitrogen and oxygen atoms in total. The fourth-order valence-electron chi connectivity index (χ4n) is 4.27. The average Bonchev–Trinajstić information content (AvgIpc) is 3.19. The lowest BCUT2D eigenvalue weighted by atomic mass is 9.72. The number of nitrogens with one attached hydrogen (secondary N) is 1. The van der Waals surface area contributed by atoms with Gasteiger partial charge < -0.3 is 5.32 Å². The van der Waals surface area contributed by atoms with Crippen LogP contribution in [-0.4, -0.2) is 29.7 Å². The van der Waals surface area contributed by atoms with Gasteiger partial charge in [0.15, 0.2) is 0 Å². The first kappa shape index (κ1) is 23.8. The Labute approximate surface area is 201 Å². The van der Waals surface area contributed by atoms with E-state index < -0.39 is 17.2 Å². The quantitative estimate of drug-likeness (QED) is 0.441. The highest BCUT2D eigenvalue weighted by molar-refractivity contribution is 6.30. The van der Waals surface area contributed by atoms with Crippen molar-refractivity contribution in [3.63, 3.8) is 0 Å². The second kappa shape index (κ2) is 9.50. The van der Waals surface area contributed by atoms with Crippen molar-refractivity contribution in [2.45, 2.75) is 24.9 Å². The summed E-state index contributed by atoms with van der Waals surface area (Å²) < 4.78 is 38.3. The van der Waals surface area contributed by atoms with Gasteiger partial charge in [-0.05, 0) is 53.9 Å². The molecule has 1 N–H and O–H groups in total. The summed E-state index contributed by atoms with van der Waals surface area (Å²) in [5, 5.41) is 9.80. The fourth-order valence-corrected chi connectivity index (χ4v) is 4.40. The number of hydrazone groups is 1. The SMILES string of the molecule is CCC1(c2ccccc2)CN(CC(=O)Nc2ccc(C(F)(F)F)cc2)N=C1c1ccc(Cl)cc1. The van der Waals surface area contributed by atoms with Crippen LogP contribution in [0.2, 0.25) is 5.02 Å². The third kappa shape index (κ3) is 4.94. The van der Waals surface area contributed by atoms with Crippen LogP contribution in [0.5, 0.6) is 0 Å². The third-order valence-corrected chi connectivity index (χ3v) is 6.27. The van der Waals surface area contributed by atoms with Crippen LogP contribution in [0.15, 0.2) is 84.0 Å². The number of halogens is 4. The van der Waals surface area contributed by atoms with Gasteiger partial charge in [0, 0.05) is 10.7 Å². The van der Waals surface area contributed by atoms with E-state index in [1.807, 2.05) is 42.5 Å². The zero-order valence-corrected chi connectivity index (χ0v) is 19.2. The minimum atomic E-state index is -4.42. The van der Waals surface area contributed by atoms with Crippen molar-refractivity contribution in [2.75, 3.05) is 18.4 Å². The molecule has 3 aromatic rings. The summed E-state index contributed by atoms with van der Waals surface area (Å²) in [6.07, 6.45) is -3.67. The molecule has 0 saturated carbocycles. The monoisotopic (exact) mass is 485 g/mol. The van der Waals surface area contributed by atoms with Gasteiger partial charge in [-0.25, -0.2) is 0 Å². The summed E-state index contributed by atoms with van der Waals surface area (Å²) in [6, 6.07) is 21.9. The first-order chi connectivity index (χ1) is 16.2. The maximum Gasteiger partial charge on any atom is 0.416 e. The molecule has 34 heavy (non-hydrogen) atoms. The van der Waals surface area contributed by atoms with Gasteiger partial charge in [-0.15, -0.1) is 0 Å². The molecular weight excluding hydrogens is 463 g/mol. The fraction of sp³-hybridized carbons (Fsp3) is 0.231. The number of hydrogen-bond donors (Lipinski definition) is 1. The van der Waals surface area contributed by atoms with Gasteiger partial charge in [0.05, 0.1) is 23.2 Å². The summed E-state index contributed by atoms with van der Waals surface area (Å²) in [7, 11) is 0. The Kier molecular flexibility index (Phi) is 6.66. The molecule has 176 valence electrons. The third-order valence-electron chi connectivity index (χ3n) is 6.02. The van der Waals surface area contributed by atoms with Crippen LogP contribution in [0.3, 0.4) is 0 Å². The predicted molar refractivity (Wildman–Crippen MR) is 128 cm³/mol. The number of hydrogen-bond acceptors (Lipinski definition) is 3. The largest absolute Gasteiger partial charge is 0.416 e. The van der Waals surface area contributed by atoms with Crippen molar-refractivity contribution in [2.24, 2.45) is 5.10 Å². The molecule has 0 fully saturated rings. The second-order valence-electron chi connectivity index (χ2n) is 8.20. The van der Waals surface area contributed by atoms with E-state index in [-0.39, 0.29) is 12.5 Å². The molecule has 0 spiro atoms. The van der Waals surface area contributed by atoms with E-state index in [1.54, 1.807) is 5.01 Å². The van der Waals surface area contributed by atoms with E-state index in [4.69, 9.17) is 16.7 Å². The van der Waals surface area contributed by atoms with Gasteiger partial charge in [-0.1, -0.05) is 61.0 Å². The Morgan fingerprint density at radius 2 is 1.68 bits per heavy atom. The standard InChI is InChI=1S/C26H23ClF3N3O/c1-2-25(19-6-4-3-5-7-19)17-33(32-24(25)18-8-12-21(27)13-9-18)16-23(34)31-22-14-10-20(11-15-22)26(28,29)30/h3-15H,2,16-17H2,1H3,(H,31,34). The summed E-state index contributed by atoms with van der Waals surface area (Å²) in [6.45, 7) is 2.54. The molecule has 1 amide bonds. The highest BCUT2D eigenvalue weighted by Gasteiger charge is 2.43. The Bertz CT molecular complexity index is 1180. The highest BCUT2D eigenvalue weighted by atomic mass is 35.5. The van der Waals surface area contributed by atoms with Crippen molar-refractivity contribution in [3.05, 3.63) is 101 Å². The second-order valence-corrected chi connectivity index (χ2v) is 8.64. The average molecular weight is 486 g/mol. The molecule has 1 unspecified atom stereocenters. The number of carbonyl (C=O) groups excluding carboxylic acids is 1. The van der Waals surface area contributed by atoms with Gasteiger partial charge in [0.25, 0.3) is 0 Å². The Morgan fingerprint density at radius 3 is 2.26 bits per heavy atom. The van der Waals surface area contributed by atoms with Crippen LogP contribution >= 0.6 is 11.6 Å². The van der Waals surface area contributed by atoms with Crippen molar-refractivity contribution in [3.8, 4) is 0 Å². The van der Waals surface area contributed by atoms with Gasteiger partial charge in [-0.3, -0.25) is 9.80 Å². The predicted octanol–water partition coefficient (Wildman–Crippen LogP) is 6.37. The van der Waals surface area contributed by atoms with Gasteiger partial charge in [-0.2, -0.15) is 18.3 Å². The number of nitrogens with zero attached hydrogens (tertiary/aromatic N) is 2. The highest BCUT2D eigenvalue weighted by Crippen LogP contribution is 2.38. The molecule has 0 bridgehead atoms. The minimum absolute atomic E-state index is 0.0350. The molecule has 0 aliphatic carbocycles. The maximum atomic E-state index is 12.8. The lowest BCUT2D eigenvalue weighted by Crippen LogP contribution is -2.40. The summed E-state index contributed by atoms with van der Waals surface area (Å²) in [4.78, 5) is 12.7. The number of carbonyl (C=O) groups is 1. The number of rotatable bonds is 6. The number of alkyl halides is 3. The van der Waals surface area contributed by atoms with E-state index in [2.05, 4.69) is 24.4 Å². The molecule has 3 aromatic carbocycles. The molecule has 1 aliphatic heterocycles. The molecule has 0 radical (unpaired) electrons. The van der Waals surface area contributed by atoms with Crippen LogP contribution in [-0.2, 0) is 16.4 Å². The smallest absolute Gasteiger partial charge is 0.324 e. The van der Waals surface area contributed by atoms with E-state index in [1.165, 1.54) is 12.1 Å². The Hall–Kier alpha value is -3.32. The van der Waals surface area contributed by atoms with E-state index >= 15 is 0 Å². The number of benzene rings is 3. The van der Waals surface area contributed by atoms with Crippen LogP contribution in [0.25, 0.3) is 0 Å². The molecule has 1 atom stereocenters. The summed E-state index contributed by atoms with van der Waals surface area (Å²) >= 11 is 6.08. The molecule has 0 aromatic heterocycles. The molecule has 4 rings (SSSR count). The molecule has 1 heterocycles. The Balaban J connectivity index is 1.57. The van der Waals surface area contributed by atoms with Crippen LogP contribution in [0.4, 0.5) is 18.9 Å². The first-order valence-corrected chi connectivity index (χ1v) is 11.2.